The van der Waals surface area contributed by atoms with Gasteiger partial charge in [0.1, 0.15) is 11.3 Å². The van der Waals surface area contributed by atoms with Crippen LogP contribution in [0, 0.1) is 12.8 Å². The van der Waals surface area contributed by atoms with E-state index >= 15 is 0 Å². The second-order valence-electron chi connectivity index (χ2n) is 7.43. The van der Waals surface area contributed by atoms with Crippen molar-refractivity contribution < 1.29 is 23.5 Å². The van der Waals surface area contributed by atoms with Crippen molar-refractivity contribution in [1.29, 1.82) is 0 Å². The third kappa shape index (κ3) is 3.15. The van der Waals surface area contributed by atoms with Crippen LogP contribution >= 0.6 is 0 Å². The molecule has 2 aromatic rings. The van der Waals surface area contributed by atoms with Gasteiger partial charge < -0.3 is 18.8 Å². The van der Waals surface area contributed by atoms with Crippen LogP contribution in [0.15, 0.2) is 21.3 Å². The fourth-order valence-corrected chi connectivity index (χ4v) is 4.01. The zero-order chi connectivity index (χ0) is 19.8. The molecule has 2 aliphatic rings. The molecule has 0 N–H and O–H groups in total. The molecule has 1 amide bonds. The van der Waals surface area contributed by atoms with Gasteiger partial charge in [0.25, 0.3) is 5.91 Å². The summed E-state index contributed by atoms with van der Waals surface area (Å²) >= 11 is 0. The van der Waals surface area contributed by atoms with E-state index in [1.54, 1.807) is 4.90 Å². The van der Waals surface area contributed by atoms with Crippen LogP contribution in [-0.2, 0) is 27.2 Å². The van der Waals surface area contributed by atoms with E-state index in [4.69, 9.17) is 9.15 Å². The number of fused-ring (bicyclic) bond motifs is 3. The molecule has 0 unspecified atom stereocenters. The third-order valence-electron chi connectivity index (χ3n) is 5.71. The van der Waals surface area contributed by atoms with Crippen molar-refractivity contribution in [2.75, 3.05) is 26.8 Å². The fourth-order valence-electron chi connectivity index (χ4n) is 4.01. The lowest BCUT2D eigenvalue weighted by Gasteiger charge is -2.37. The highest BCUT2D eigenvalue weighted by molar-refractivity contribution is 5.86. The Morgan fingerprint density at radius 1 is 1.18 bits per heavy atom. The summed E-state index contributed by atoms with van der Waals surface area (Å²) < 4.78 is 16.0. The van der Waals surface area contributed by atoms with Crippen molar-refractivity contribution >= 4 is 22.8 Å². The first kappa shape index (κ1) is 18.5. The highest BCUT2D eigenvalue weighted by Crippen LogP contribution is 2.32. The predicted molar refractivity (Wildman–Crippen MR) is 101 cm³/mol. The number of esters is 1. The maximum atomic E-state index is 12.3. The number of rotatable bonds is 4. The van der Waals surface area contributed by atoms with Crippen LogP contribution in [-0.4, -0.2) is 43.6 Å². The summed E-state index contributed by atoms with van der Waals surface area (Å²) in [5.74, 6) is -0.221. The molecule has 1 saturated heterocycles. The van der Waals surface area contributed by atoms with Crippen molar-refractivity contribution in [1.82, 2.24) is 4.90 Å². The Balaban J connectivity index is 1.49. The number of likely N-dealkylation sites (tertiary alicyclic amines) is 1. The SMILES string of the molecule is COC(=O)C1CN(C(=O)COc2ccc3c4c(c(=O)oc3c2C)CCCC4)C1. The summed E-state index contributed by atoms with van der Waals surface area (Å²) in [4.78, 5) is 37.6. The number of carbonyl (C=O) groups is 2. The van der Waals surface area contributed by atoms with Crippen LogP contribution < -0.4 is 10.4 Å². The molecule has 148 valence electrons. The summed E-state index contributed by atoms with van der Waals surface area (Å²) in [7, 11) is 1.34. The maximum absolute atomic E-state index is 12.3. The van der Waals surface area contributed by atoms with Gasteiger partial charge in [0.15, 0.2) is 6.61 Å². The molecule has 0 radical (unpaired) electrons. The summed E-state index contributed by atoms with van der Waals surface area (Å²) in [6.07, 6.45) is 3.73. The number of benzene rings is 1. The molecule has 0 bridgehead atoms. The fraction of sp³-hybridized carbons (Fsp3) is 0.476. The monoisotopic (exact) mass is 385 g/mol. The van der Waals surface area contributed by atoms with Crippen LogP contribution in [0.2, 0.25) is 0 Å². The van der Waals surface area contributed by atoms with Gasteiger partial charge in [-0.15, -0.1) is 0 Å². The molecule has 1 fully saturated rings. The Hall–Kier alpha value is -2.83. The molecular weight excluding hydrogens is 362 g/mol. The van der Waals surface area contributed by atoms with Crippen molar-refractivity contribution in [2.24, 2.45) is 5.92 Å². The predicted octanol–water partition coefficient (Wildman–Crippen LogP) is 1.99. The van der Waals surface area contributed by atoms with Crippen molar-refractivity contribution in [3.05, 3.63) is 39.2 Å². The first-order valence-electron chi connectivity index (χ1n) is 9.56. The van der Waals surface area contributed by atoms with Gasteiger partial charge >= 0.3 is 11.6 Å². The quantitative estimate of drug-likeness (QED) is 0.591. The van der Waals surface area contributed by atoms with Crippen LogP contribution in [0.25, 0.3) is 11.0 Å². The smallest absolute Gasteiger partial charge is 0.339 e. The van der Waals surface area contributed by atoms with E-state index in [0.29, 0.717) is 30.0 Å². The molecule has 1 aliphatic heterocycles. The number of methoxy groups -OCH3 is 1. The minimum absolute atomic E-state index is 0.130. The average Bonchev–Trinajstić information content (AvgIpc) is 2.67. The Morgan fingerprint density at radius 3 is 2.61 bits per heavy atom. The molecule has 1 aliphatic carbocycles. The number of nitrogens with zero attached hydrogens (tertiary/aromatic N) is 1. The first-order valence-corrected chi connectivity index (χ1v) is 9.56. The number of hydrogen-bond acceptors (Lipinski definition) is 6. The van der Waals surface area contributed by atoms with Gasteiger partial charge in [0, 0.05) is 29.6 Å². The van der Waals surface area contributed by atoms with E-state index in [1.807, 2.05) is 19.1 Å². The minimum Gasteiger partial charge on any atom is -0.483 e. The number of aryl methyl sites for hydroxylation is 2. The summed E-state index contributed by atoms with van der Waals surface area (Å²) in [6.45, 7) is 2.41. The number of carbonyl (C=O) groups excluding carboxylic acids is 2. The lowest BCUT2D eigenvalue weighted by Crippen LogP contribution is -2.54. The van der Waals surface area contributed by atoms with Gasteiger partial charge in [-0.3, -0.25) is 9.59 Å². The van der Waals surface area contributed by atoms with Gasteiger partial charge in [-0.2, -0.15) is 0 Å². The molecule has 28 heavy (non-hydrogen) atoms. The van der Waals surface area contributed by atoms with E-state index in [2.05, 4.69) is 4.74 Å². The van der Waals surface area contributed by atoms with Crippen LogP contribution in [0.3, 0.4) is 0 Å². The van der Waals surface area contributed by atoms with Gasteiger partial charge in [0.2, 0.25) is 0 Å². The Labute approximate surface area is 162 Å². The lowest BCUT2D eigenvalue weighted by atomic mass is 9.90. The van der Waals surface area contributed by atoms with Crippen molar-refractivity contribution in [3.63, 3.8) is 0 Å². The zero-order valence-electron chi connectivity index (χ0n) is 16.1. The molecule has 1 aromatic heterocycles. The molecule has 2 heterocycles. The largest absolute Gasteiger partial charge is 0.483 e. The van der Waals surface area contributed by atoms with Gasteiger partial charge in [-0.25, -0.2) is 4.79 Å². The van der Waals surface area contributed by atoms with E-state index in [-0.39, 0.29) is 30.0 Å². The van der Waals surface area contributed by atoms with Gasteiger partial charge in [-0.05, 0) is 50.3 Å². The van der Waals surface area contributed by atoms with Gasteiger partial charge in [0.05, 0.1) is 13.0 Å². The van der Waals surface area contributed by atoms with Gasteiger partial charge in [-0.1, -0.05) is 0 Å². The van der Waals surface area contributed by atoms with E-state index in [0.717, 1.165) is 42.2 Å². The molecule has 7 nitrogen and oxygen atoms in total. The van der Waals surface area contributed by atoms with Crippen LogP contribution in [0.4, 0.5) is 0 Å². The van der Waals surface area contributed by atoms with Crippen LogP contribution in [0.1, 0.15) is 29.5 Å². The first-order chi connectivity index (χ1) is 13.5. The highest BCUT2D eigenvalue weighted by atomic mass is 16.5. The molecule has 1 aromatic carbocycles. The molecule has 0 atom stereocenters. The van der Waals surface area contributed by atoms with Crippen LogP contribution in [0.5, 0.6) is 5.75 Å². The van der Waals surface area contributed by atoms with Crippen molar-refractivity contribution in [3.8, 4) is 5.75 Å². The second-order valence-corrected chi connectivity index (χ2v) is 7.43. The third-order valence-corrected chi connectivity index (χ3v) is 5.71. The summed E-state index contributed by atoms with van der Waals surface area (Å²) in [6, 6.07) is 3.74. The average molecular weight is 385 g/mol. The normalized spacial score (nSPS) is 16.4. The number of amides is 1. The Morgan fingerprint density at radius 2 is 1.89 bits per heavy atom. The number of ether oxygens (including phenoxy) is 2. The highest BCUT2D eigenvalue weighted by Gasteiger charge is 2.36. The molecule has 0 saturated carbocycles. The van der Waals surface area contributed by atoms with E-state index < -0.39 is 0 Å². The minimum atomic E-state index is -0.297. The number of hydrogen-bond donors (Lipinski definition) is 0. The Kier molecular flexibility index (Phi) is 4.83. The summed E-state index contributed by atoms with van der Waals surface area (Å²) in [5, 5.41) is 0.953. The van der Waals surface area contributed by atoms with E-state index in [9.17, 15) is 14.4 Å². The topological polar surface area (TPSA) is 86.0 Å². The zero-order valence-corrected chi connectivity index (χ0v) is 16.1. The van der Waals surface area contributed by atoms with Crippen molar-refractivity contribution in [2.45, 2.75) is 32.6 Å². The molecular formula is C21H23NO6. The molecule has 0 spiro atoms. The standard InChI is InChI=1S/C21H23NO6/c1-12-17(27-11-18(23)22-9-13(10-22)20(24)26-2)8-7-15-14-5-3-4-6-16(14)21(25)28-19(12)15/h7-8,13H,3-6,9-11H2,1-2H3. The maximum Gasteiger partial charge on any atom is 0.339 e. The Bertz CT molecular complexity index is 1000. The second kappa shape index (κ2) is 7.30. The van der Waals surface area contributed by atoms with E-state index in [1.165, 1.54) is 7.11 Å². The molecule has 7 heteroatoms. The lowest BCUT2D eigenvalue weighted by molar-refractivity contribution is -0.156. The summed E-state index contributed by atoms with van der Waals surface area (Å²) in [5.41, 5.74) is 2.85. The molecule has 4 rings (SSSR count).